The Hall–Kier alpha value is -3.84. The molecular weight excluding hydrogens is 435 g/mol. The van der Waals surface area contributed by atoms with Gasteiger partial charge in [-0.05, 0) is 48.0 Å². The van der Waals surface area contributed by atoms with Crippen LogP contribution in [-0.4, -0.2) is 26.0 Å². The van der Waals surface area contributed by atoms with Gasteiger partial charge in [-0.3, -0.25) is 9.59 Å². The second-order valence-corrected chi connectivity index (χ2v) is 7.31. The number of halogens is 2. The van der Waals surface area contributed by atoms with Crippen LogP contribution in [0.2, 0.25) is 5.02 Å². The zero-order chi connectivity index (χ0) is 22.8. The fourth-order valence-corrected chi connectivity index (χ4v) is 3.61. The van der Waals surface area contributed by atoms with Crippen molar-refractivity contribution < 1.29 is 23.5 Å². The quantitative estimate of drug-likeness (QED) is 0.539. The molecule has 0 fully saturated rings. The Bertz CT molecular complexity index is 1240. The zero-order valence-electron chi connectivity index (χ0n) is 17.2. The third-order valence-electron chi connectivity index (χ3n) is 4.95. The summed E-state index contributed by atoms with van der Waals surface area (Å²) in [5.74, 6) is -0.629. The number of carbonyl (C=O) groups is 2. The molecule has 0 radical (unpaired) electrons. The summed E-state index contributed by atoms with van der Waals surface area (Å²) in [5, 5.41) is 3.41. The van der Waals surface area contributed by atoms with Gasteiger partial charge in [0.1, 0.15) is 23.0 Å². The maximum Gasteiger partial charge on any atom is 0.282 e. The van der Waals surface area contributed by atoms with E-state index >= 15 is 0 Å². The van der Waals surface area contributed by atoms with Crippen molar-refractivity contribution in [2.75, 3.05) is 24.4 Å². The van der Waals surface area contributed by atoms with Gasteiger partial charge in [0.05, 0.1) is 31.2 Å². The maximum atomic E-state index is 13.5. The highest BCUT2D eigenvalue weighted by atomic mass is 35.5. The van der Waals surface area contributed by atoms with Crippen LogP contribution < -0.4 is 19.7 Å². The van der Waals surface area contributed by atoms with Crippen LogP contribution in [0.1, 0.15) is 5.56 Å². The number of imide groups is 1. The molecule has 3 aromatic carbocycles. The number of methoxy groups -OCH3 is 2. The van der Waals surface area contributed by atoms with E-state index in [1.165, 1.54) is 44.6 Å². The molecule has 0 atom stereocenters. The fourth-order valence-electron chi connectivity index (χ4n) is 3.43. The average molecular weight is 453 g/mol. The number of rotatable bonds is 6. The summed E-state index contributed by atoms with van der Waals surface area (Å²) in [7, 11) is 3.00. The summed E-state index contributed by atoms with van der Waals surface area (Å²) >= 11 is 6.08. The first-order valence-corrected chi connectivity index (χ1v) is 9.94. The molecule has 0 bridgehead atoms. The second kappa shape index (κ2) is 8.72. The number of nitrogens with one attached hydrogen (secondary N) is 1. The Balaban J connectivity index is 1.86. The van der Waals surface area contributed by atoms with Crippen LogP contribution >= 0.6 is 11.6 Å². The van der Waals surface area contributed by atoms with Crippen molar-refractivity contribution in [2.24, 2.45) is 0 Å². The molecule has 0 saturated heterocycles. The molecule has 0 unspecified atom stereocenters. The van der Waals surface area contributed by atoms with Crippen LogP contribution in [-0.2, 0) is 9.59 Å². The van der Waals surface area contributed by atoms with E-state index in [0.29, 0.717) is 33.5 Å². The predicted octanol–water partition coefficient (Wildman–Crippen LogP) is 4.89. The van der Waals surface area contributed by atoms with Gasteiger partial charge in [-0.25, -0.2) is 9.29 Å². The maximum absolute atomic E-state index is 13.5. The van der Waals surface area contributed by atoms with E-state index in [0.717, 1.165) is 4.90 Å². The van der Waals surface area contributed by atoms with Crippen molar-refractivity contribution in [3.63, 3.8) is 0 Å². The molecule has 2 amide bonds. The Morgan fingerprint density at radius 3 is 2.31 bits per heavy atom. The van der Waals surface area contributed by atoms with Crippen molar-refractivity contribution >= 4 is 40.4 Å². The summed E-state index contributed by atoms with van der Waals surface area (Å²) < 4.78 is 24.2. The number of benzene rings is 3. The van der Waals surface area contributed by atoms with Crippen LogP contribution in [0, 0.1) is 5.82 Å². The number of amides is 2. The van der Waals surface area contributed by atoms with Crippen molar-refractivity contribution in [2.45, 2.75) is 0 Å². The highest BCUT2D eigenvalue weighted by Gasteiger charge is 2.40. The van der Waals surface area contributed by atoms with E-state index in [4.69, 9.17) is 21.1 Å². The minimum Gasteiger partial charge on any atom is -0.497 e. The lowest BCUT2D eigenvalue weighted by Crippen LogP contribution is -2.32. The van der Waals surface area contributed by atoms with Gasteiger partial charge < -0.3 is 14.8 Å². The first-order valence-electron chi connectivity index (χ1n) is 9.56. The Morgan fingerprint density at radius 1 is 0.906 bits per heavy atom. The number of anilines is 2. The first-order chi connectivity index (χ1) is 15.4. The van der Waals surface area contributed by atoms with E-state index in [9.17, 15) is 14.0 Å². The third-order valence-corrected chi connectivity index (χ3v) is 5.18. The molecular formula is C24H18ClFN2O4. The molecule has 4 rings (SSSR count). The molecule has 32 heavy (non-hydrogen) atoms. The molecule has 1 N–H and O–H groups in total. The topological polar surface area (TPSA) is 67.9 Å². The number of hydrogen-bond donors (Lipinski definition) is 1. The molecule has 6 nitrogen and oxygen atoms in total. The summed E-state index contributed by atoms with van der Waals surface area (Å²) in [6, 6.07) is 16.8. The number of carbonyl (C=O) groups excluding carboxylic acids is 2. The van der Waals surface area contributed by atoms with Gasteiger partial charge in [0.25, 0.3) is 11.8 Å². The van der Waals surface area contributed by atoms with Crippen LogP contribution in [0.3, 0.4) is 0 Å². The van der Waals surface area contributed by atoms with Crippen molar-refractivity contribution in [3.8, 4) is 11.5 Å². The fraction of sp³-hybridized carbons (Fsp3) is 0.0833. The minimum atomic E-state index is -0.582. The Labute approximate surface area is 188 Å². The first kappa shape index (κ1) is 21.4. The van der Waals surface area contributed by atoms with Gasteiger partial charge in [0.15, 0.2) is 0 Å². The standard InChI is InChI=1S/C24H18ClFN2O4/c1-31-18-10-11-20(32-2)19(13-18)27-22-21(14-6-8-16(26)9-7-14)23(29)28(24(22)30)17-5-3-4-15(25)12-17/h3-13,27H,1-2H3. The van der Waals surface area contributed by atoms with E-state index in [2.05, 4.69) is 5.32 Å². The molecule has 8 heteroatoms. The number of nitrogens with zero attached hydrogens (tertiary/aromatic N) is 1. The van der Waals surface area contributed by atoms with E-state index in [1.807, 2.05) is 0 Å². The lowest BCUT2D eigenvalue weighted by atomic mass is 10.0. The molecule has 0 spiro atoms. The van der Waals surface area contributed by atoms with Gasteiger partial charge >= 0.3 is 0 Å². The summed E-state index contributed by atoms with van der Waals surface area (Å²) in [4.78, 5) is 27.9. The largest absolute Gasteiger partial charge is 0.497 e. The smallest absolute Gasteiger partial charge is 0.282 e. The van der Waals surface area contributed by atoms with E-state index in [-0.39, 0.29) is 11.3 Å². The summed E-state index contributed by atoms with van der Waals surface area (Å²) in [6.45, 7) is 0. The van der Waals surface area contributed by atoms with Crippen LogP contribution in [0.25, 0.3) is 5.57 Å². The van der Waals surface area contributed by atoms with Crippen molar-refractivity contribution in [1.29, 1.82) is 0 Å². The van der Waals surface area contributed by atoms with Crippen LogP contribution in [0.4, 0.5) is 15.8 Å². The molecule has 0 aliphatic carbocycles. The van der Waals surface area contributed by atoms with Gasteiger partial charge in [0, 0.05) is 11.1 Å². The van der Waals surface area contributed by atoms with Gasteiger partial charge in [-0.2, -0.15) is 0 Å². The zero-order valence-corrected chi connectivity index (χ0v) is 17.9. The normalized spacial score (nSPS) is 13.6. The van der Waals surface area contributed by atoms with Gasteiger partial charge in [-0.15, -0.1) is 0 Å². The third kappa shape index (κ3) is 3.90. The van der Waals surface area contributed by atoms with Gasteiger partial charge in [0.2, 0.25) is 0 Å². The lowest BCUT2D eigenvalue weighted by Gasteiger charge is -2.16. The van der Waals surface area contributed by atoms with E-state index < -0.39 is 17.6 Å². The Morgan fingerprint density at radius 2 is 1.66 bits per heavy atom. The lowest BCUT2D eigenvalue weighted by molar-refractivity contribution is -0.120. The van der Waals surface area contributed by atoms with Crippen molar-refractivity contribution in [3.05, 3.63) is 88.8 Å². The van der Waals surface area contributed by atoms with Crippen LogP contribution in [0.5, 0.6) is 11.5 Å². The summed E-state index contributed by atoms with van der Waals surface area (Å²) in [6.07, 6.45) is 0. The second-order valence-electron chi connectivity index (χ2n) is 6.87. The molecule has 3 aromatic rings. The Kier molecular flexibility index (Phi) is 5.83. The molecule has 162 valence electrons. The predicted molar refractivity (Wildman–Crippen MR) is 120 cm³/mol. The molecule has 1 heterocycles. The average Bonchev–Trinajstić information content (AvgIpc) is 3.03. The van der Waals surface area contributed by atoms with Gasteiger partial charge in [-0.1, -0.05) is 29.8 Å². The number of hydrogen-bond acceptors (Lipinski definition) is 5. The highest BCUT2D eigenvalue weighted by Crippen LogP contribution is 2.37. The minimum absolute atomic E-state index is 0.0214. The molecule has 0 saturated carbocycles. The van der Waals surface area contributed by atoms with Crippen molar-refractivity contribution in [1.82, 2.24) is 0 Å². The monoisotopic (exact) mass is 452 g/mol. The molecule has 1 aliphatic heterocycles. The molecule has 0 aromatic heterocycles. The SMILES string of the molecule is COc1ccc(OC)c(NC2=C(c3ccc(F)cc3)C(=O)N(c3cccc(Cl)c3)C2=O)c1. The summed E-state index contributed by atoms with van der Waals surface area (Å²) in [5.41, 5.74) is 1.25. The van der Waals surface area contributed by atoms with Crippen LogP contribution in [0.15, 0.2) is 72.4 Å². The van der Waals surface area contributed by atoms with E-state index in [1.54, 1.807) is 36.4 Å². The highest BCUT2D eigenvalue weighted by molar-refractivity contribution is 6.46. The molecule has 1 aliphatic rings. The number of ether oxygens (including phenoxy) is 2.